The number of amides is 1. The van der Waals surface area contributed by atoms with Crippen molar-refractivity contribution in [3.05, 3.63) is 46.8 Å². The van der Waals surface area contributed by atoms with Crippen molar-refractivity contribution in [3.63, 3.8) is 0 Å². The van der Waals surface area contributed by atoms with Gasteiger partial charge in [-0.15, -0.1) is 17.5 Å². The van der Waals surface area contributed by atoms with E-state index in [-0.39, 0.29) is 18.3 Å². The summed E-state index contributed by atoms with van der Waals surface area (Å²) in [4.78, 5) is 12.6. The molecule has 1 aliphatic rings. The van der Waals surface area contributed by atoms with Crippen LogP contribution < -0.4 is 10.6 Å². The van der Waals surface area contributed by atoms with Gasteiger partial charge in [0.25, 0.3) is 5.91 Å². The third-order valence-corrected chi connectivity index (χ3v) is 4.96. The smallest absolute Gasteiger partial charge is 0.274 e. The molecule has 1 aromatic heterocycles. The van der Waals surface area contributed by atoms with Crippen molar-refractivity contribution >= 4 is 18.3 Å². The molecule has 2 aromatic rings. The van der Waals surface area contributed by atoms with E-state index in [1.54, 1.807) is 0 Å². The molecule has 7 nitrogen and oxygen atoms in total. The molecule has 154 valence electrons. The van der Waals surface area contributed by atoms with Crippen LogP contribution in [0, 0.1) is 6.92 Å². The lowest BCUT2D eigenvalue weighted by Crippen LogP contribution is -2.30. The van der Waals surface area contributed by atoms with E-state index in [0.29, 0.717) is 24.9 Å². The van der Waals surface area contributed by atoms with Gasteiger partial charge in [-0.3, -0.25) is 4.79 Å². The van der Waals surface area contributed by atoms with Gasteiger partial charge in [-0.05, 0) is 50.4 Å². The fourth-order valence-corrected chi connectivity index (χ4v) is 3.41. The summed E-state index contributed by atoms with van der Waals surface area (Å²) in [5.74, 6) is -0.183. The molecule has 2 heterocycles. The average molecular weight is 408 g/mol. The second-order valence-corrected chi connectivity index (χ2v) is 6.95. The molecule has 1 amide bonds. The van der Waals surface area contributed by atoms with E-state index in [0.717, 1.165) is 55.8 Å². The SMILES string of the molecule is CCCOCc1ccccc1CNC(=O)c1nnn(C2CCNCC2)c1C.Cl. The zero-order chi connectivity index (χ0) is 19.1. The summed E-state index contributed by atoms with van der Waals surface area (Å²) in [7, 11) is 0. The number of nitrogens with zero attached hydrogens (tertiary/aromatic N) is 3. The van der Waals surface area contributed by atoms with Gasteiger partial charge in [-0.25, -0.2) is 4.68 Å². The van der Waals surface area contributed by atoms with E-state index in [9.17, 15) is 4.79 Å². The third-order valence-electron chi connectivity index (χ3n) is 4.96. The molecular weight excluding hydrogens is 378 g/mol. The molecule has 8 heteroatoms. The number of rotatable bonds is 8. The predicted molar refractivity (Wildman–Crippen MR) is 111 cm³/mol. The van der Waals surface area contributed by atoms with Crippen LogP contribution in [0.25, 0.3) is 0 Å². The fraction of sp³-hybridized carbons (Fsp3) is 0.550. The van der Waals surface area contributed by atoms with Crippen LogP contribution in [-0.2, 0) is 17.9 Å². The van der Waals surface area contributed by atoms with Gasteiger partial charge in [0.1, 0.15) is 0 Å². The fourth-order valence-electron chi connectivity index (χ4n) is 3.41. The zero-order valence-corrected chi connectivity index (χ0v) is 17.4. The predicted octanol–water partition coefficient (Wildman–Crippen LogP) is 2.79. The number of carbonyl (C=O) groups is 1. The summed E-state index contributed by atoms with van der Waals surface area (Å²) < 4.78 is 7.55. The van der Waals surface area contributed by atoms with Crippen LogP contribution in [-0.4, -0.2) is 40.6 Å². The molecular formula is C20H30ClN5O2. The molecule has 1 fully saturated rings. The number of aromatic nitrogens is 3. The van der Waals surface area contributed by atoms with Crippen molar-refractivity contribution in [3.8, 4) is 0 Å². The average Bonchev–Trinajstić information content (AvgIpc) is 3.09. The molecule has 3 rings (SSSR count). The second kappa shape index (κ2) is 11.1. The Hall–Kier alpha value is -1.96. The maximum absolute atomic E-state index is 12.6. The molecule has 1 saturated heterocycles. The lowest BCUT2D eigenvalue weighted by atomic mass is 10.1. The highest BCUT2D eigenvalue weighted by Gasteiger charge is 2.22. The Labute approximate surface area is 172 Å². The number of hydrogen-bond acceptors (Lipinski definition) is 5. The molecule has 2 N–H and O–H groups in total. The van der Waals surface area contributed by atoms with Crippen LogP contribution in [0.3, 0.4) is 0 Å². The second-order valence-electron chi connectivity index (χ2n) is 6.95. The highest BCUT2D eigenvalue weighted by Crippen LogP contribution is 2.20. The Balaban J connectivity index is 0.00000280. The van der Waals surface area contributed by atoms with Gasteiger partial charge >= 0.3 is 0 Å². The maximum atomic E-state index is 12.6. The van der Waals surface area contributed by atoms with Crippen molar-refractivity contribution in [2.24, 2.45) is 0 Å². The topological polar surface area (TPSA) is 81.1 Å². The molecule has 0 spiro atoms. The Bertz CT molecular complexity index is 759. The normalized spacial score (nSPS) is 14.5. The van der Waals surface area contributed by atoms with E-state index in [4.69, 9.17) is 4.74 Å². The molecule has 0 radical (unpaired) electrons. The summed E-state index contributed by atoms with van der Waals surface area (Å²) >= 11 is 0. The van der Waals surface area contributed by atoms with Gasteiger partial charge in [0.2, 0.25) is 0 Å². The number of benzene rings is 1. The number of nitrogens with one attached hydrogen (secondary N) is 2. The Morgan fingerprint density at radius 2 is 2.00 bits per heavy atom. The summed E-state index contributed by atoms with van der Waals surface area (Å²) in [6.07, 6.45) is 3.01. The molecule has 28 heavy (non-hydrogen) atoms. The number of halogens is 1. The molecule has 0 aliphatic carbocycles. The van der Waals surface area contributed by atoms with Gasteiger partial charge in [-0.1, -0.05) is 36.4 Å². The van der Waals surface area contributed by atoms with Crippen molar-refractivity contribution < 1.29 is 9.53 Å². The number of ether oxygens (including phenoxy) is 1. The first-order chi connectivity index (χ1) is 13.2. The minimum absolute atomic E-state index is 0. The lowest BCUT2D eigenvalue weighted by molar-refractivity contribution is 0.0943. The van der Waals surface area contributed by atoms with Crippen molar-refractivity contribution in [2.75, 3.05) is 19.7 Å². The van der Waals surface area contributed by atoms with Crippen molar-refractivity contribution in [1.82, 2.24) is 25.6 Å². The largest absolute Gasteiger partial charge is 0.377 e. The van der Waals surface area contributed by atoms with Crippen LogP contribution in [0.4, 0.5) is 0 Å². The quantitative estimate of drug-likeness (QED) is 0.657. The number of hydrogen-bond donors (Lipinski definition) is 2. The van der Waals surface area contributed by atoms with Crippen LogP contribution in [0.1, 0.15) is 59.5 Å². The minimum atomic E-state index is -0.183. The summed E-state index contributed by atoms with van der Waals surface area (Å²) in [5.41, 5.74) is 3.40. The molecule has 0 saturated carbocycles. The first-order valence-electron chi connectivity index (χ1n) is 9.76. The number of piperidine rings is 1. The monoisotopic (exact) mass is 407 g/mol. The van der Waals surface area contributed by atoms with E-state index in [2.05, 4.69) is 27.9 Å². The van der Waals surface area contributed by atoms with Crippen molar-refractivity contribution in [1.29, 1.82) is 0 Å². The minimum Gasteiger partial charge on any atom is -0.377 e. The standard InChI is InChI=1S/C20H29N5O2.ClH/c1-3-12-27-14-17-7-5-4-6-16(17)13-22-20(26)19-15(2)25(24-23-19)18-8-10-21-11-9-18;/h4-7,18,21H,3,8-14H2,1-2H3,(H,22,26);1H. The van der Waals surface area contributed by atoms with Crippen LogP contribution in [0.2, 0.25) is 0 Å². The number of carbonyl (C=O) groups excluding carboxylic acids is 1. The lowest BCUT2D eigenvalue weighted by Gasteiger charge is -2.23. The van der Waals surface area contributed by atoms with Crippen LogP contribution in [0.15, 0.2) is 24.3 Å². The van der Waals surface area contributed by atoms with Gasteiger partial charge in [-0.2, -0.15) is 0 Å². The molecule has 1 aromatic carbocycles. The summed E-state index contributed by atoms with van der Waals surface area (Å²) in [5, 5.41) is 14.7. The maximum Gasteiger partial charge on any atom is 0.274 e. The highest BCUT2D eigenvalue weighted by molar-refractivity contribution is 5.93. The van der Waals surface area contributed by atoms with Gasteiger partial charge in [0.05, 0.1) is 18.3 Å². The first-order valence-corrected chi connectivity index (χ1v) is 9.76. The van der Waals surface area contributed by atoms with E-state index >= 15 is 0 Å². The highest BCUT2D eigenvalue weighted by atomic mass is 35.5. The van der Waals surface area contributed by atoms with E-state index in [1.807, 2.05) is 35.9 Å². The zero-order valence-electron chi connectivity index (χ0n) is 16.6. The molecule has 0 bridgehead atoms. The first kappa shape index (κ1) is 22.3. The van der Waals surface area contributed by atoms with Gasteiger partial charge in [0.15, 0.2) is 5.69 Å². The van der Waals surface area contributed by atoms with E-state index in [1.165, 1.54) is 0 Å². The summed E-state index contributed by atoms with van der Waals surface area (Å²) in [6, 6.07) is 8.34. The third kappa shape index (κ3) is 5.53. The molecule has 1 aliphatic heterocycles. The summed E-state index contributed by atoms with van der Waals surface area (Å²) in [6.45, 7) is 7.70. The Morgan fingerprint density at radius 1 is 1.29 bits per heavy atom. The van der Waals surface area contributed by atoms with E-state index < -0.39 is 0 Å². The Kier molecular flexibility index (Phi) is 8.89. The van der Waals surface area contributed by atoms with Crippen LogP contribution in [0.5, 0.6) is 0 Å². The van der Waals surface area contributed by atoms with Gasteiger partial charge in [0, 0.05) is 13.2 Å². The Morgan fingerprint density at radius 3 is 2.71 bits per heavy atom. The van der Waals surface area contributed by atoms with Crippen LogP contribution >= 0.6 is 12.4 Å². The van der Waals surface area contributed by atoms with Crippen molar-refractivity contribution in [2.45, 2.75) is 52.3 Å². The molecule has 0 unspecified atom stereocenters. The van der Waals surface area contributed by atoms with Gasteiger partial charge < -0.3 is 15.4 Å². The molecule has 0 atom stereocenters.